The molecule has 13 heteroatoms. The molecule has 26 rings (SSSR count). The van der Waals surface area contributed by atoms with Crippen LogP contribution in [0, 0.1) is 38.7 Å². The average molecular weight is 2030 g/mol. The number of aromatic nitrogens is 8. The van der Waals surface area contributed by atoms with Gasteiger partial charge in [-0.25, -0.2) is 0 Å². The first kappa shape index (κ1) is 76.0. The van der Waals surface area contributed by atoms with Crippen LogP contribution in [-0.4, -0.2) is 15.0 Å². The van der Waals surface area contributed by atoms with Crippen LogP contribution in [0.3, 0.4) is 0 Å². The van der Waals surface area contributed by atoms with Crippen molar-refractivity contribution in [3.05, 3.63) is 514 Å². The van der Waals surface area contributed by atoms with Crippen LogP contribution in [0.1, 0.15) is 48.7 Å². The first-order valence-corrected chi connectivity index (χ1v) is 42.8. The molecule has 1 radical (unpaired) electrons. The Labute approximate surface area is 788 Å². The van der Waals surface area contributed by atoms with Gasteiger partial charge in [-0.15, -0.1) is 105 Å². The predicted octanol–water partition coefficient (Wildman–Crippen LogP) is 23.7. The molecular weight excluding hydrogens is 1940 g/mol. The molecule has 12 aromatic carbocycles. The van der Waals surface area contributed by atoms with Gasteiger partial charge in [-0.3, -0.25) is 9.97 Å². The molecule has 8 aromatic heterocycles. The van der Waals surface area contributed by atoms with Gasteiger partial charge in [0, 0.05) is 141 Å². The maximum Gasteiger partial charge on any atom is 3.00 e. The molecule has 0 N–H and O–H groups in total. The molecule has 20 aromatic rings. The third kappa shape index (κ3) is 17.1. The summed E-state index contributed by atoms with van der Waals surface area (Å²) in [6.07, 6.45) is 17.9. The molecule has 128 heavy (non-hydrogen) atoms. The van der Waals surface area contributed by atoms with E-state index in [2.05, 4.69) is 325 Å². The standard InChI is InChI=1S/C30H22N2.C18H12NS.C18H14N.C15H12N2.C12H10N.C11H9N2.C11H8N.2Ir/c1-21-19-29-24-14-6-8-16-27(24)30(32(29)20-25(21)22-11-3-2-4-12-22)26-15-7-5-13-23(26)28-17-9-10-18-31(28)30;1-2-7-16-13(5-1)14-9-8-12-11-19-10-4-3-6-15(19)17(12)18(14)20-16;1-2-6-14(7-3-1)15-9-10-16-13-19-11-5-4-8-18(19)17(16)12-15;1-3-7-14(8-4-1)16-11-12-17(13-16)15-9-5-2-6-10-15;1-2-6-11-10(5-1)9-13-8-4-3-7-12(11)13;1-9-7-8-12-11(13-9)10-5-3-2-4-6-10;1-2-6-10(7-3-1)11-8-4-5-9-12-11;;/h2-20H,1H3;1-10H,11H2;1-12H,13H2;1-9,11-13H;1-8H,9H2;2-5,7-8H,1H3;1-6,8-9H;;/q+2;2*+1;-2;+1;2*-1;;+3/i;;;;1D,2D,3D,4D,5D,6D,7D;;;;. The minimum absolute atomic E-state index is 0. The van der Waals surface area contributed by atoms with Crippen molar-refractivity contribution in [1.29, 1.82) is 0 Å². The molecule has 6 aliphatic rings. The van der Waals surface area contributed by atoms with E-state index in [1.54, 1.807) is 17.0 Å². The summed E-state index contributed by atoms with van der Waals surface area (Å²) in [5.74, 6) is 0.737. The van der Waals surface area contributed by atoms with E-state index < -0.39 is 5.66 Å². The molecule has 1 atom stereocenters. The number of hydrogen-bond donors (Lipinski definition) is 0. The zero-order chi connectivity index (χ0) is 90.6. The summed E-state index contributed by atoms with van der Waals surface area (Å²) in [5, 5.41) is 2.77. The summed E-state index contributed by atoms with van der Waals surface area (Å²) in [6, 6.07) is 130. The van der Waals surface area contributed by atoms with Crippen LogP contribution in [-0.2, 0) is 65.5 Å². The molecule has 617 valence electrons. The monoisotopic (exact) mass is 2030 g/mol. The number of thiophene rings is 1. The van der Waals surface area contributed by atoms with Crippen molar-refractivity contribution in [2.75, 3.05) is 9.80 Å². The number of rotatable bonds is 6. The predicted molar refractivity (Wildman–Crippen MR) is 507 cm³/mol. The van der Waals surface area contributed by atoms with Crippen molar-refractivity contribution in [2.24, 2.45) is 0 Å². The second-order valence-electron chi connectivity index (χ2n) is 30.9. The SMILES string of the molecule is Cc1cc2[n+](cc1-c1ccccc1)C1(c3ccccc3-c3cccc[n+]31)c1ccccc1-2.Cc1ccnc(-c2[c-]cccc2)n1.[2H]c1c[n+]2c(c([2H])c1[2H])-c1c([2H])c([2H])c([2H])c([2H])c1C2.[Ir+3].[Ir].[c-]1ccccc1-c1ccccn1.[c-]1ccccc1N1C=CN(c2ccccc2)[CH-]1.c1cc[n+]2c(c1)-c1c(ccc3c1sc1ccccc13)C2.c1ccc(-c2ccc3c(c2)-c2cccc[n+]2C3)cc1. The van der Waals surface area contributed by atoms with Crippen molar-refractivity contribution in [1.82, 2.24) is 15.0 Å². The van der Waals surface area contributed by atoms with Gasteiger partial charge in [-0.2, -0.15) is 44.0 Å². The van der Waals surface area contributed by atoms with E-state index in [1.165, 1.54) is 121 Å². The van der Waals surface area contributed by atoms with Gasteiger partial charge in [0.25, 0.3) is 0 Å². The summed E-state index contributed by atoms with van der Waals surface area (Å²) < 4.78 is 68.5. The number of para-hydroxylation sites is 2. The smallest absolute Gasteiger partial charge is 0.500 e. The number of anilines is 2. The fraction of sp³-hybridized carbons (Fsp3) is 0.0522. The Balaban J connectivity index is 0.000000107. The van der Waals surface area contributed by atoms with Crippen LogP contribution in [0.4, 0.5) is 11.4 Å². The van der Waals surface area contributed by atoms with Gasteiger partial charge in [0.1, 0.15) is 11.1 Å². The minimum Gasteiger partial charge on any atom is -0.500 e. The number of pyridine rings is 6. The largest absolute Gasteiger partial charge is 3.00 e. The second-order valence-corrected chi connectivity index (χ2v) is 32.0. The van der Waals surface area contributed by atoms with Crippen molar-refractivity contribution in [2.45, 2.75) is 39.1 Å². The van der Waals surface area contributed by atoms with Crippen molar-refractivity contribution < 1.29 is 72.6 Å². The first-order chi connectivity index (χ1) is 65.2. The Morgan fingerprint density at radius 2 is 1.01 bits per heavy atom. The Morgan fingerprint density at radius 1 is 0.406 bits per heavy atom. The van der Waals surface area contributed by atoms with Crippen molar-refractivity contribution >= 4 is 42.9 Å². The maximum absolute atomic E-state index is 7.97. The molecule has 0 fully saturated rings. The summed E-state index contributed by atoms with van der Waals surface area (Å²) in [7, 11) is 0. The average Bonchev–Trinajstić information content (AvgIpc) is 1.51. The summed E-state index contributed by atoms with van der Waals surface area (Å²) >= 11 is 1.92. The minimum atomic E-state index is -0.434. The molecule has 0 bridgehead atoms. The summed E-state index contributed by atoms with van der Waals surface area (Å²) in [4.78, 5) is 16.8. The van der Waals surface area contributed by atoms with Gasteiger partial charge in [0.15, 0.2) is 50.6 Å². The molecule has 1 spiro atoms. The van der Waals surface area contributed by atoms with Crippen LogP contribution < -0.4 is 32.6 Å². The van der Waals surface area contributed by atoms with Gasteiger partial charge in [-0.05, 0) is 145 Å². The number of nitrogens with zero attached hydrogens (tertiary/aromatic N) is 10. The van der Waals surface area contributed by atoms with E-state index in [0.717, 1.165) is 52.8 Å². The third-order valence-electron chi connectivity index (χ3n) is 23.2. The quantitative estimate of drug-likeness (QED) is 0.123. The zero-order valence-electron chi connectivity index (χ0n) is 76.9. The third-order valence-corrected chi connectivity index (χ3v) is 24.4. The number of hydrogen-bond acceptors (Lipinski definition) is 6. The zero-order valence-corrected chi connectivity index (χ0v) is 75.5. The first-order valence-electron chi connectivity index (χ1n) is 45.5. The Hall–Kier alpha value is -14.5. The Bertz CT molecular complexity index is 7660. The Morgan fingerprint density at radius 3 is 1.74 bits per heavy atom. The molecule has 0 saturated carbocycles. The van der Waals surface area contributed by atoms with E-state index in [0.29, 0.717) is 5.56 Å². The van der Waals surface area contributed by atoms with Gasteiger partial charge in [0.05, 0.1) is 43.2 Å². The number of fused-ring (bicyclic) bond motifs is 23. The summed E-state index contributed by atoms with van der Waals surface area (Å²) in [5.41, 5.74) is 29.1. The van der Waals surface area contributed by atoms with E-state index >= 15 is 0 Å². The molecular formula is C115H87Ir2N10S+4. The van der Waals surface area contributed by atoms with Crippen LogP contribution in [0.2, 0.25) is 0 Å². The molecule has 14 heterocycles. The molecule has 1 unspecified atom stereocenters. The van der Waals surface area contributed by atoms with Crippen molar-refractivity contribution in [3.8, 4) is 101 Å². The van der Waals surface area contributed by atoms with E-state index in [1.807, 2.05) is 157 Å². The van der Waals surface area contributed by atoms with E-state index in [4.69, 9.17) is 9.60 Å². The topological polar surface area (TPSA) is 64.6 Å². The van der Waals surface area contributed by atoms with E-state index in [-0.39, 0.29) is 100 Å². The maximum atomic E-state index is 7.97. The van der Waals surface area contributed by atoms with Gasteiger partial charge >= 0.3 is 25.8 Å². The summed E-state index contributed by atoms with van der Waals surface area (Å²) in [6.45, 7) is 8.39. The fourth-order valence-corrected chi connectivity index (χ4v) is 18.6. The van der Waals surface area contributed by atoms with Crippen molar-refractivity contribution in [3.63, 3.8) is 0 Å². The normalized spacial score (nSPS) is 13.9. The van der Waals surface area contributed by atoms with Gasteiger partial charge in [0.2, 0.25) is 28.5 Å². The number of aryl methyl sites for hydroxylation is 2. The molecule has 6 aliphatic heterocycles. The molecule has 0 aliphatic carbocycles. The van der Waals surface area contributed by atoms with Crippen LogP contribution in [0.15, 0.2) is 450 Å². The molecule has 10 nitrogen and oxygen atoms in total. The van der Waals surface area contributed by atoms with E-state index in [9.17, 15) is 0 Å². The van der Waals surface area contributed by atoms with Crippen LogP contribution >= 0.6 is 11.3 Å². The second kappa shape index (κ2) is 38.5. The molecule has 0 saturated heterocycles. The van der Waals surface area contributed by atoms with Gasteiger partial charge < -0.3 is 14.8 Å². The fourth-order valence-electron chi connectivity index (χ4n) is 17.3. The number of benzene rings is 12. The van der Waals surface area contributed by atoms with Crippen LogP contribution in [0.5, 0.6) is 0 Å². The van der Waals surface area contributed by atoms with Crippen LogP contribution in [0.25, 0.3) is 121 Å². The Kier molecular flexibility index (Phi) is 22.9. The van der Waals surface area contributed by atoms with Gasteiger partial charge in [-0.1, -0.05) is 176 Å². The molecule has 0 amide bonds.